The average Bonchev–Trinajstić information content (AvgIpc) is 2.81. The Hall–Kier alpha value is -1.19. The molecule has 20 heavy (non-hydrogen) atoms. The first kappa shape index (κ1) is 16.9. The van der Waals surface area contributed by atoms with Crippen LogP contribution in [-0.4, -0.2) is 55.9 Å². The number of hydrogen-bond donors (Lipinski definition) is 0. The number of ether oxygens (including phenoxy) is 2. The van der Waals surface area contributed by atoms with Crippen LogP contribution in [0.5, 0.6) is 0 Å². The summed E-state index contributed by atoms with van der Waals surface area (Å²) in [5.74, 6) is -0.714. The number of hydrogen-bond acceptors (Lipinski definition) is 5. The van der Waals surface area contributed by atoms with Crippen molar-refractivity contribution in [2.24, 2.45) is 0 Å². The van der Waals surface area contributed by atoms with Gasteiger partial charge in [0, 0.05) is 20.8 Å². The van der Waals surface area contributed by atoms with Gasteiger partial charge in [0.15, 0.2) is 0 Å². The summed E-state index contributed by atoms with van der Waals surface area (Å²) in [6, 6.07) is 0. The van der Waals surface area contributed by atoms with E-state index in [1.54, 1.807) is 0 Å². The van der Waals surface area contributed by atoms with Gasteiger partial charge in [0.1, 0.15) is 11.4 Å². The first-order valence-electron chi connectivity index (χ1n) is 5.65. The van der Waals surface area contributed by atoms with E-state index in [-0.39, 0.29) is 24.6 Å². The molecule has 0 aliphatic carbocycles. The van der Waals surface area contributed by atoms with Gasteiger partial charge in [-0.25, -0.2) is 4.98 Å². The van der Waals surface area contributed by atoms with Crippen LogP contribution in [0.1, 0.15) is 15.4 Å². The molecule has 0 spiro atoms. The molecule has 1 amide bonds. The number of methoxy groups -OCH3 is 2. The van der Waals surface area contributed by atoms with Crippen molar-refractivity contribution in [2.45, 2.75) is 12.8 Å². The van der Waals surface area contributed by atoms with Gasteiger partial charge in [0.05, 0.1) is 24.4 Å². The van der Waals surface area contributed by atoms with Gasteiger partial charge in [-0.2, -0.15) is 13.2 Å². The minimum absolute atomic E-state index is 0.0280. The van der Waals surface area contributed by atoms with Crippen LogP contribution in [0.4, 0.5) is 13.2 Å². The molecule has 0 bridgehead atoms. The summed E-state index contributed by atoms with van der Waals surface area (Å²) in [5, 5.41) is 0. The van der Waals surface area contributed by atoms with E-state index in [1.165, 1.54) is 19.7 Å². The van der Waals surface area contributed by atoms with Crippen LogP contribution in [0.25, 0.3) is 0 Å². The lowest BCUT2D eigenvalue weighted by molar-refractivity contribution is -0.141. The van der Waals surface area contributed by atoms with Crippen molar-refractivity contribution in [2.75, 3.05) is 33.9 Å². The molecule has 114 valence electrons. The number of thiazole rings is 1. The number of alkyl halides is 3. The second kappa shape index (κ2) is 7.55. The third kappa shape index (κ3) is 5.06. The van der Waals surface area contributed by atoms with E-state index in [0.29, 0.717) is 10.6 Å². The number of nitrogens with zero attached hydrogens (tertiary/aromatic N) is 2. The molecule has 0 aliphatic heterocycles. The van der Waals surface area contributed by atoms with Gasteiger partial charge in [-0.1, -0.05) is 0 Å². The Morgan fingerprint density at radius 2 is 2.10 bits per heavy atom. The number of amides is 1. The van der Waals surface area contributed by atoms with Crippen LogP contribution >= 0.6 is 11.3 Å². The van der Waals surface area contributed by atoms with Crippen molar-refractivity contribution in [3.05, 3.63) is 16.1 Å². The normalized spacial score (nSPS) is 11.7. The molecule has 0 radical (unpaired) electrons. The third-order valence-corrected chi connectivity index (χ3v) is 3.20. The van der Waals surface area contributed by atoms with E-state index in [2.05, 4.69) is 4.98 Å². The topological polar surface area (TPSA) is 51.7 Å². The fourth-order valence-corrected chi connectivity index (χ4v) is 2.26. The minimum Gasteiger partial charge on any atom is -0.383 e. The highest BCUT2D eigenvalue weighted by atomic mass is 32.1. The van der Waals surface area contributed by atoms with Crippen LogP contribution in [-0.2, 0) is 16.1 Å². The predicted octanol–water partition coefficient (Wildman–Crippen LogP) is 1.94. The Morgan fingerprint density at radius 1 is 1.40 bits per heavy atom. The van der Waals surface area contributed by atoms with Gasteiger partial charge in [-0.3, -0.25) is 4.79 Å². The average molecular weight is 312 g/mol. The number of halogens is 3. The Kier molecular flexibility index (Phi) is 6.37. The van der Waals surface area contributed by atoms with Gasteiger partial charge < -0.3 is 14.4 Å². The maximum Gasteiger partial charge on any atom is 0.406 e. The van der Waals surface area contributed by atoms with Gasteiger partial charge >= 0.3 is 6.18 Å². The molecule has 1 aromatic rings. The lowest BCUT2D eigenvalue weighted by Gasteiger charge is -2.23. The highest BCUT2D eigenvalue weighted by molar-refractivity contribution is 7.11. The minimum atomic E-state index is -4.46. The number of rotatable bonds is 7. The summed E-state index contributed by atoms with van der Waals surface area (Å²) in [6.45, 7) is -1.35. The quantitative estimate of drug-likeness (QED) is 0.772. The summed E-state index contributed by atoms with van der Waals surface area (Å²) in [7, 11) is 2.78. The zero-order valence-corrected chi connectivity index (χ0v) is 11.9. The molecule has 0 saturated heterocycles. The summed E-state index contributed by atoms with van der Waals surface area (Å²) < 4.78 is 47.1. The Balaban J connectivity index is 2.88. The molecule has 0 saturated carbocycles. The molecule has 0 N–H and O–H groups in total. The maximum absolute atomic E-state index is 12.5. The molecular weight excluding hydrogens is 297 g/mol. The van der Waals surface area contributed by atoms with Crippen LogP contribution in [0.3, 0.4) is 0 Å². The Bertz CT molecular complexity index is 437. The van der Waals surface area contributed by atoms with Crippen molar-refractivity contribution in [3.63, 3.8) is 0 Å². The Morgan fingerprint density at radius 3 is 2.65 bits per heavy atom. The summed E-state index contributed by atoms with van der Waals surface area (Å²) in [5.41, 5.74) is 1.75. The highest BCUT2D eigenvalue weighted by Gasteiger charge is 2.34. The molecule has 0 aromatic carbocycles. The molecule has 1 heterocycles. The summed E-state index contributed by atoms with van der Waals surface area (Å²) in [4.78, 5) is 17.0. The second-order valence-corrected chi connectivity index (χ2v) is 4.75. The molecule has 0 aliphatic rings. The van der Waals surface area contributed by atoms with E-state index in [4.69, 9.17) is 9.47 Å². The van der Waals surface area contributed by atoms with Crippen LogP contribution in [0.2, 0.25) is 0 Å². The van der Waals surface area contributed by atoms with E-state index >= 15 is 0 Å². The lowest BCUT2D eigenvalue weighted by atomic mass is 10.3. The van der Waals surface area contributed by atoms with Gasteiger partial charge in [-0.05, 0) is 0 Å². The van der Waals surface area contributed by atoms with Crippen molar-refractivity contribution < 1.29 is 27.4 Å². The van der Waals surface area contributed by atoms with Gasteiger partial charge in [0.2, 0.25) is 0 Å². The van der Waals surface area contributed by atoms with E-state index in [1.807, 2.05) is 0 Å². The van der Waals surface area contributed by atoms with Crippen molar-refractivity contribution in [1.29, 1.82) is 0 Å². The highest BCUT2D eigenvalue weighted by Crippen LogP contribution is 2.21. The molecule has 5 nitrogen and oxygen atoms in total. The third-order valence-electron chi connectivity index (χ3n) is 2.34. The summed E-state index contributed by atoms with van der Waals surface area (Å²) in [6.07, 6.45) is -4.46. The van der Waals surface area contributed by atoms with Crippen molar-refractivity contribution in [3.8, 4) is 0 Å². The predicted molar refractivity (Wildman–Crippen MR) is 66.7 cm³/mol. The van der Waals surface area contributed by atoms with Crippen LogP contribution in [0.15, 0.2) is 5.51 Å². The first-order chi connectivity index (χ1) is 9.39. The second-order valence-electron chi connectivity index (χ2n) is 3.90. The molecule has 9 heteroatoms. The molecule has 1 rings (SSSR count). The standard InChI is InChI=1S/C11H15F3N2O3S/c1-18-4-3-16(6-11(12,13)14)10(17)9-8(5-19-2)15-7-20-9/h7H,3-6H2,1-2H3. The van der Waals surface area contributed by atoms with E-state index < -0.39 is 18.6 Å². The SMILES string of the molecule is COCCN(CC(F)(F)F)C(=O)c1scnc1COC. The largest absolute Gasteiger partial charge is 0.406 e. The smallest absolute Gasteiger partial charge is 0.383 e. The van der Waals surface area contributed by atoms with Crippen molar-refractivity contribution >= 4 is 17.2 Å². The molecule has 0 unspecified atom stereocenters. The molecular formula is C11H15F3N2O3S. The zero-order valence-electron chi connectivity index (χ0n) is 11.1. The fraction of sp³-hybridized carbons (Fsp3) is 0.636. The number of aromatic nitrogens is 1. The van der Waals surface area contributed by atoms with E-state index in [9.17, 15) is 18.0 Å². The van der Waals surface area contributed by atoms with Crippen LogP contribution < -0.4 is 0 Å². The summed E-state index contributed by atoms with van der Waals surface area (Å²) >= 11 is 0.995. The Labute approximate surface area is 118 Å². The lowest BCUT2D eigenvalue weighted by Crippen LogP contribution is -2.40. The fourth-order valence-electron chi connectivity index (χ4n) is 1.50. The van der Waals surface area contributed by atoms with E-state index in [0.717, 1.165) is 11.3 Å². The number of carbonyl (C=O) groups excluding carboxylic acids is 1. The van der Waals surface area contributed by atoms with Gasteiger partial charge in [0.25, 0.3) is 5.91 Å². The number of carbonyl (C=O) groups is 1. The molecule has 0 atom stereocenters. The molecule has 1 aromatic heterocycles. The maximum atomic E-state index is 12.5. The van der Waals surface area contributed by atoms with Gasteiger partial charge in [-0.15, -0.1) is 11.3 Å². The van der Waals surface area contributed by atoms with Crippen molar-refractivity contribution in [1.82, 2.24) is 9.88 Å². The van der Waals surface area contributed by atoms with Crippen LogP contribution in [0, 0.1) is 0 Å². The monoisotopic (exact) mass is 312 g/mol. The first-order valence-corrected chi connectivity index (χ1v) is 6.53. The molecule has 0 fully saturated rings. The zero-order chi connectivity index (χ0) is 15.2.